The van der Waals surface area contributed by atoms with Crippen LogP contribution in [0.4, 0.5) is 11.4 Å². The number of carbonyl (C=O) groups is 3. The summed E-state index contributed by atoms with van der Waals surface area (Å²) in [5.74, 6) is -1.02. The molecule has 2 aromatic carbocycles. The third-order valence-corrected chi connectivity index (χ3v) is 6.26. The Balaban J connectivity index is 0.00000210. The number of nitrogens with one attached hydrogen (secondary N) is 2. The zero-order valence-corrected chi connectivity index (χ0v) is 21.2. The lowest BCUT2D eigenvalue weighted by atomic mass is 9.78. The Morgan fingerprint density at radius 2 is 1.29 bits per heavy atom. The summed E-state index contributed by atoms with van der Waals surface area (Å²) in [6.07, 6.45) is 4.47. The van der Waals surface area contributed by atoms with Gasteiger partial charge in [0.1, 0.15) is 11.5 Å². The molecule has 1 saturated carbocycles. The molecule has 0 spiro atoms. The van der Waals surface area contributed by atoms with Gasteiger partial charge in [0.25, 0.3) is 0 Å². The van der Waals surface area contributed by atoms with Crippen LogP contribution >= 0.6 is 0 Å². The zero-order valence-electron chi connectivity index (χ0n) is 21.2. The van der Waals surface area contributed by atoms with Crippen LogP contribution in [-0.2, 0) is 14.4 Å². The van der Waals surface area contributed by atoms with E-state index in [0.29, 0.717) is 30.0 Å². The van der Waals surface area contributed by atoms with Gasteiger partial charge in [0, 0.05) is 17.3 Å². The van der Waals surface area contributed by atoms with E-state index in [1.807, 2.05) is 27.7 Å². The molecule has 35 heavy (non-hydrogen) atoms. The maximum absolute atomic E-state index is 12.6. The number of amides is 2. The van der Waals surface area contributed by atoms with Gasteiger partial charge in [0.05, 0.1) is 11.8 Å². The lowest BCUT2D eigenvalue weighted by Gasteiger charge is -2.27. The molecule has 1 fully saturated rings. The minimum Gasteiger partial charge on any atom is -0.481 e. The van der Waals surface area contributed by atoms with Gasteiger partial charge in [0.2, 0.25) is 11.8 Å². The molecule has 0 heterocycles. The maximum Gasteiger partial charge on any atom is 0.307 e. The molecular weight excluding hydrogens is 444 g/mol. The van der Waals surface area contributed by atoms with Gasteiger partial charge in [-0.2, -0.15) is 0 Å². The predicted molar refractivity (Wildman–Crippen MR) is 139 cm³/mol. The Morgan fingerprint density at radius 3 is 1.74 bits per heavy atom. The molecule has 0 aliphatic heterocycles. The highest BCUT2D eigenvalue weighted by molar-refractivity contribution is 5.95. The quantitative estimate of drug-likeness (QED) is 0.368. The second-order valence-electron chi connectivity index (χ2n) is 8.48. The molecule has 0 saturated heterocycles. The standard InChI is InChI=1S/C26H32N2O5.C2H6/c1-3-17(4-2)24(29)27-18-9-13-20(14-10-18)33-21-15-11-19(12-16-21)28-25(30)22-7-5-6-8-23(22)26(31)32;1-2/h9-17,22-23H,3-8H2,1-2H3,(H,27,29)(H,28,30)(H,31,32);1-2H3. The first-order chi connectivity index (χ1) is 16.9. The molecule has 2 atom stereocenters. The second-order valence-corrected chi connectivity index (χ2v) is 8.48. The molecule has 1 aliphatic carbocycles. The van der Waals surface area contributed by atoms with Crippen molar-refractivity contribution in [3.63, 3.8) is 0 Å². The van der Waals surface area contributed by atoms with Crippen molar-refractivity contribution >= 4 is 29.2 Å². The van der Waals surface area contributed by atoms with E-state index in [9.17, 15) is 19.5 Å². The molecule has 2 unspecified atom stereocenters. The lowest BCUT2D eigenvalue weighted by Crippen LogP contribution is -2.36. The second kappa shape index (κ2) is 14.1. The van der Waals surface area contributed by atoms with Crippen LogP contribution in [0.15, 0.2) is 48.5 Å². The van der Waals surface area contributed by atoms with Crippen molar-refractivity contribution in [2.75, 3.05) is 10.6 Å². The van der Waals surface area contributed by atoms with Crippen molar-refractivity contribution in [3.05, 3.63) is 48.5 Å². The lowest BCUT2D eigenvalue weighted by molar-refractivity contribution is -0.147. The van der Waals surface area contributed by atoms with Crippen molar-refractivity contribution in [1.82, 2.24) is 0 Å². The smallest absolute Gasteiger partial charge is 0.307 e. The van der Waals surface area contributed by atoms with E-state index in [2.05, 4.69) is 10.6 Å². The highest BCUT2D eigenvalue weighted by Crippen LogP contribution is 2.32. The van der Waals surface area contributed by atoms with Crippen molar-refractivity contribution in [2.24, 2.45) is 17.8 Å². The van der Waals surface area contributed by atoms with Gasteiger partial charge in [-0.05, 0) is 74.2 Å². The average molecular weight is 483 g/mol. The van der Waals surface area contributed by atoms with Gasteiger partial charge in [-0.3, -0.25) is 14.4 Å². The van der Waals surface area contributed by atoms with Gasteiger partial charge < -0.3 is 20.5 Å². The summed E-state index contributed by atoms with van der Waals surface area (Å²) in [6.45, 7) is 8.01. The number of aliphatic carboxylic acids is 1. The number of hydrogen-bond donors (Lipinski definition) is 3. The van der Waals surface area contributed by atoms with Crippen molar-refractivity contribution < 1.29 is 24.2 Å². The summed E-state index contributed by atoms with van der Waals surface area (Å²) < 4.78 is 5.85. The Labute approximate surface area is 208 Å². The first-order valence-corrected chi connectivity index (χ1v) is 12.6. The Bertz CT molecular complexity index is 952. The van der Waals surface area contributed by atoms with E-state index < -0.39 is 17.8 Å². The van der Waals surface area contributed by atoms with Crippen LogP contribution in [0.2, 0.25) is 0 Å². The highest BCUT2D eigenvalue weighted by Gasteiger charge is 2.35. The molecule has 1 aliphatic rings. The topological polar surface area (TPSA) is 105 Å². The van der Waals surface area contributed by atoms with Crippen LogP contribution in [0.25, 0.3) is 0 Å². The SMILES string of the molecule is CC.CCC(CC)C(=O)Nc1ccc(Oc2ccc(NC(=O)C3CCCCC3C(=O)O)cc2)cc1. The fourth-order valence-electron chi connectivity index (χ4n) is 4.23. The number of carbonyl (C=O) groups excluding carboxylic acids is 2. The molecule has 0 bridgehead atoms. The van der Waals surface area contributed by atoms with E-state index in [1.54, 1.807) is 48.5 Å². The number of anilines is 2. The molecule has 2 amide bonds. The molecule has 3 N–H and O–H groups in total. The summed E-state index contributed by atoms with van der Waals surface area (Å²) in [5, 5.41) is 15.1. The molecule has 0 aromatic heterocycles. The van der Waals surface area contributed by atoms with Crippen LogP contribution in [0, 0.1) is 17.8 Å². The van der Waals surface area contributed by atoms with Crippen LogP contribution in [-0.4, -0.2) is 22.9 Å². The van der Waals surface area contributed by atoms with Gasteiger partial charge in [-0.15, -0.1) is 0 Å². The summed E-state index contributed by atoms with van der Waals surface area (Å²) in [5.41, 5.74) is 1.32. The third-order valence-electron chi connectivity index (χ3n) is 6.26. The number of benzene rings is 2. The molecule has 2 aromatic rings. The molecular formula is C28H38N2O5. The van der Waals surface area contributed by atoms with Gasteiger partial charge >= 0.3 is 5.97 Å². The maximum atomic E-state index is 12.6. The summed E-state index contributed by atoms with van der Waals surface area (Å²) in [4.78, 5) is 36.3. The first-order valence-electron chi connectivity index (χ1n) is 12.6. The van der Waals surface area contributed by atoms with Crippen molar-refractivity contribution in [1.29, 1.82) is 0 Å². The Kier molecular flexibility index (Phi) is 11.3. The fraction of sp³-hybridized carbons (Fsp3) is 0.464. The van der Waals surface area contributed by atoms with Crippen LogP contribution in [0.5, 0.6) is 11.5 Å². The summed E-state index contributed by atoms with van der Waals surface area (Å²) >= 11 is 0. The fourth-order valence-corrected chi connectivity index (χ4v) is 4.23. The molecule has 7 heteroatoms. The highest BCUT2D eigenvalue weighted by atomic mass is 16.5. The van der Waals surface area contributed by atoms with Gasteiger partial charge in [-0.1, -0.05) is 40.5 Å². The molecule has 190 valence electrons. The normalized spacial score (nSPS) is 17.1. The van der Waals surface area contributed by atoms with Crippen LogP contribution in [0.1, 0.15) is 66.2 Å². The van der Waals surface area contributed by atoms with Crippen LogP contribution < -0.4 is 15.4 Å². The van der Waals surface area contributed by atoms with E-state index in [0.717, 1.165) is 31.4 Å². The van der Waals surface area contributed by atoms with E-state index in [-0.39, 0.29) is 17.7 Å². The van der Waals surface area contributed by atoms with Crippen molar-refractivity contribution in [3.8, 4) is 11.5 Å². The number of ether oxygens (including phenoxy) is 1. The van der Waals surface area contributed by atoms with Gasteiger partial charge in [0.15, 0.2) is 0 Å². The predicted octanol–water partition coefficient (Wildman–Crippen LogP) is 6.71. The van der Waals surface area contributed by atoms with Gasteiger partial charge in [-0.25, -0.2) is 0 Å². The molecule has 3 rings (SSSR count). The average Bonchev–Trinajstić information content (AvgIpc) is 2.88. The molecule has 0 radical (unpaired) electrons. The molecule has 7 nitrogen and oxygen atoms in total. The monoisotopic (exact) mass is 482 g/mol. The van der Waals surface area contributed by atoms with E-state index in [4.69, 9.17) is 4.74 Å². The first kappa shape index (κ1) is 27.9. The van der Waals surface area contributed by atoms with Crippen molar-refractivity contribution in [2.45, 2.75) is 66.2 Å². The zero-order chi connectivity index (χ0) is 25.8. The Hall–Kier alpha value is -3.35. The van der Waals surface area contributed by atoms with E-state index in [1.165, 1.54) is 0 Å². The number of carboxylic acid groups (broad SMARTS) is 1. The van der Waals surface area contributed by atoms with Crippen LogP contribution in [0.3, 0.4) is 0 Å². The minimum absolute atomic E-state index is 0.00746. The number of carboxylic acids is 1. The van der Waals surface area contributed by atoms with E-state index >= 15 is 0 Å². The minimum atomic E-state index is -0.903. The number of rotatable bonds is 9. The number of hydrogen-bond acceptors (Lipinski definition) is 4. The summed E-state index contributed by atoms with van der Waals surface area (Å²) in [6, 6.07) is 14.1. The summed E-state index contributed by atoms with van der Waals surface area (Å²) in [7, 11) is 0. The largest absolute Gasteiger partial charge is 0.481 e. The Morgan fingerprint density at radius 1 is 0.829 bits per heavy atom. The third kappa shape index (κ3) is 8.12.